The van der Waals surface area contributed by atoms with Crippen LogP contribution in [0.25, 0.3) is 0 Å². The summed E-state index contributed by atoms with van der Waals surface area (Å²) in [6, 6.07) is 1.06. The number of anilines is 1. The van der Waals surface area contributed by atoms with Gasteiger partial charge in [0.25, 0.3) is 5.91 Å². The van der Waals surface area contributed by atoms with Gasteiger partial charge in [0, 0.05) is 18.1 Å². The molecule has 2 N–H and O–H groups in total. The van der Waals surface area contributed by atoms with Crippen LogP contribution in [0.15, 0.2) is 12.3 Å². The summed E-state index contributed by atoms with van der Waals surface area (Å²) in [7, 11) is 0. The Morgan fingerprint density at radius 3 is 3.05 bits per heavy atom. The Hall–Kier alpha value is -1.76. The third-order valence-corrected chi connectivity index (χ3v) is 4.31. The van der Waals surface area contributed by atoms with E-state index >= 15 is 0 Å². The first kappa shape index (κ1) is 15.6. The van der Waals surface area contributed by atoms with E-state index in [9.17, 15) is 9.59 Å². The van der Waals surface area contributed by atoms with Gasteiger partial charge in [-0.25, -0.2) is 4.79 Å². The number of esters is 1. The highest BCUT2D eigenvalue weighted by Gasteiger charge is 2.34. The van der Waals surface area contributed by atoms with E-state index in [2.05, 4.69) is 4.98 Å². The number of amides is 1. The van der Waals surface area contributed by atoms with E-state index in [-0.39, 0.29) is 11.9 Å². The van der Waals surface area contributed by atoms with Crippen LogP contribution in [0.5, 0.6) is 0 Å². The SMILES string of the molecule is CCOC(=O)C1CSCCN1C(=O)c1cc(N)cnc1C. The van der Waals surface area contributed by atoms with E-state index in [1.54, 1.807) is 36.6 Å². The van der Waals surface area contributed by atoms with Crippen LogP contribution < -0.4 is 5.73 Å². The average Bonchev–Trinajstić information content (AvgIpc) is 2.49. The van der Waals surface area contributed by atoms with Crippen molar-refractivity contribution in [3.05, 3.63) is 23.5 Å². The van der Waals surface area contributed by atoms with Crippen molar-refractivity contribution < 1.29 is 14.3 Å². The molecular weight excluding hydrogens is 290 g/mol. The van der Waals surface area contributed by atoms with Crippen LogP contribution in [0.2, 0.25) is 0 Å². The summed E-state index contributed by atoms with van der Waals surface area (Å²) in [5.74, 6) is 0.786. The molecule has 2 rings (SSSR count). The highest BCUT2D eigenvalue weighted by Crippen LogP contribution is 2.21. The number of pyridine rings is 1. The fraction of sp³-hybridized carbons (Fsp3) is 0.500. The van der Waals surface area contributed by atoms with E-state index in [4.69, 9.17) is 10.5 Å². The normalized spacial score (nSPS) is 18.4. The maximum atomic E-state index is 12.7. The predicted octanol–water partition coefficient (Wildman–Crippen LogP) is 1.09. The lowest BCUT2D eigenvalue weighted by atomic mass is 10.1. The minimum atomic E-state index is -0.544. The third kappa shape index (κ3) is 3.47. The quantitative estimate of drug-likeness (QED) is 0.841. The number of nitrogens with two attached hydrogens (primary N) is 1. The van der Waals surface area contributed by atoms with Gasteiger partial charge in [-0.2, -0.15) is 11.8 Å². The van der Waals surface area contributed by atoms with Crippen LogP contribution in [-0.2, 0) is 9.53 Å². The molecule has 1 saturated heterocycles. The Morgan fingerprint density at radius 1 is 1.57 bits per heavy atom. The molecule has 1 aliphatic heterocycles. The number of carbonyl (C=O) groups is 2. The fourth-order valence-corrected chi connectivity index (χ4v) is 3.23. The van der Waals surface area contributed by atoms with Crippen molar-refractivity contribution in [2.24, 2.45) is 0 Å². The van der Waals surface area contributed by atoms with E-state index in [1.807, 2.05) is 0 Å². The number of aryl methyl sites for hydroxylation is 1. The number of aromatic nitrogens is 1. The Kier molecular flexibility index (Phi) is 5.06. The number of carbonyl (C=O) groups excluding carboxylic acids is 2. The lowest BCUT2D eigenvalue weighted by molar-refractivity contribution is -0.147. The number of hydrogen-bond donors (Lipinski definition) is 1. The van der Waals surface area contributed by atoms with Gasteiger partial charge >= 0.3 is 5.97 Å². The molecule has 1 atom stereocenters. The van der Waals surface area contributed by atoms with E-state index in [1.165, 1.54) is 6.20 Å². The maximum absolute atomic E-state index is 12.7. The van der Waals surface area contributed by atoms with E-state index in [0.29, 0.717) is 35.8 Å². The smallest absolute Gasteiger partial charge is 0.329 e. The minimum Gasteiger partial charge on any atom is -0.464 e. The molecule has 0 saturated carbocycles. The number of rotatable bonds is 3. The highest BCUT2D eigenvalue weighted by atomic mass is 32.2. The molecule has 0 radical (unpaired) electrons. The van der Waals surface area contributed by atoms with Gasteiger partial charge < -0.3 is 15.4 Å². The number of nitrogen functional groups attached to an aromatic ring is 1. The van der Waals surface area contributed by atoms with Gasteiger partial charge in [-0.3, -0.25) is 9.78 Å². The van der Waals surface area contributed by atoms with Crippen molar-refractivity contribution in [1.29, 1.82) is 0 Å². The van der Waals surface area contributed by atoms with E-state index in [0.717, 1.165) is 5.75 Å². The van der Waals surface area contributed by atoms with Gasteiger partial charge in [0.1, 0.15) is 6.04 Å². The number of nitrogens with zero attached hydrogens (tertiary/aromatic N) is 2. The second kappa shape index (κ2) is 6.80. The molecule has 6 nitrogen and oxygen atoms in total. The van der Waals surface area contributed by atoms with Crippen molar-refractivity contribution in [2.45, 2.75) is 19.9 Å². The molecule has 0 aliphatic carbocycles. The highest BCUT2D eigenvalue weighted by molar-refractivity contribution is 7.99. The first-order valence-electron chi connectivity index (χ1n) is 6.82. The number of ether oxygens (including phenoxy) is 1. The Labute approximate surface area is 128 Å². The van der Waals surface area contributed by atoms with Crippen molar-refractivity contribution in [2.75, 3.05) is 30.4 Å². The van der Waals surface area contributed by atoms with Gasteiger partial charge in [0.15, 0.2) is 0 Å². The van der Waals surface area contributed by atoms with Gasteiger partial charge in [0.05, 0.1) is 29.7 Å². The van der Waals surface area contributed by atoms with Crippen molar-refractivity contribution in [1.82, 2.24) is 9.88 Å². The molecule has 1 aromatic heterocycles. The van der Waals surface area contributed by atoms with Crippen LogP contribution in [0.3, 0.4) is 0 Å². The molecule has 1 unspecified atom stereocenters. The lowest BCUT2D eigenvalue weighted by Gasteiger charge is -2.33. The molecule has 1 fully saturated rings. The van der Waals surface area contributed by atoms with Crippen molar-refractivity contribution >= 4 is 29.3 Å². The standard InChI is InChI=1S/C14H19N3O3S/c1-3-20-14(19)12-8-21-5-4-17(12)13(18)11-6-10(15)7-16-9(11)2/h6-7,12H,3-5,8,15H2,1-2H3. The zero-order valence-electron chi connectivity index (χ0n) is 12.2. The Balaban J connectivity index is 2.26. The molecule has 0 spiro atoms. The zero-order chi connectivity index (χ0) is 15.4. The zero-order valence-corrected chi connectivity index (χ0v) is 13.0. The second-order valence-corrected chi connectivity index (χ2v) is 5.89. The number of hydrogen-bond acceptors (Lipinski definition) is 6. The third-order valence-electron chi connectivity index (χ3n) is 3.29. The summed E-state index contributed by atoms with van der Waals surface area (Å²) in [5.41, 5.74) is 7.19. The molecule has 0 bridgehead atoms. The van der Waals surface area contributed by atoms with Crippen molar-refractivity contribution in [3.8, 4) is 0 Å². The summed E-state index contributed by atoms with van der Waals surface area (Å²) in [5, 5.41) is 0. The van der Waals surface area contributed by atoms with Crippen LogP contribution in [-0.4, -0.2) is 52.5 Å². The van der Waals surface area contributed by atoms with Gasteiger partial charge in [-0.15, -0.1) is 0 Å². The largest absolute Gasteiger partial charge is 0.464 e. The monoisotopic (exact) mass is 309 g/mol. The summed E-state index contributed by atoms with van der Waals surface area (Å²) < 4.78 is 5.07. The van der Waals surface area contributed by atoms with Crippen LogP contribution in [0.4, 0.5) is 5.69 Å². The first-order chi connectivity index (χ1) is 10.0. The number of thioether (sulfide) groups is 1. The summed E-state index contributed by atoms with van der Waals surface area (Å²) in [6.45, 7) is 4.33. The van der Waals surface area contributed by atoms with E-state index < -0.39 is 6.04 Å². The average molecular weight is 309 g/mol. The van der Waals surface area contributed by atoms with Crippen molar-refractivity contribution in [3.63, 3.8) is 0 Å². The van der Waals surface area contributed by atoms with Gasteiger partial charge in [0.2, 0.25) is 0 Å². The summed E-state index contributed by atoms with van der Waals surface area (Å²) in [4.78, 5) is 30.4. The Morgan fingerprint density at radius 2 is 2.33 bits per heavy atom. The molecule has 1 amide bonds. The minimum absolute atomic E-state index is 0.217. The van der Waals surface area contributed by atoms with Gasteiger partial charge in [-0.05, 0) is 19.9 Å². The molecule has 1 aromatic rings. The summed E-state index contributed by atoms with van der Waals surface area (Å²) in [6.07, 6.45) is 1.51. The maximum Gasteiger partial charge on any atom is 0.329 e. The van der Waals surface area contributed by atoms with Gasteiger partial charge in [-0.1, -0.05) is 0 Å². The molecular formula is C14H19N3O3S. The van der Waals surface area contributed by atoms with Crippen LogP contribution in [0.1, 0.15) is 23.0 Å². The molecule has 2 heterocycles. The molecule has 21 heavy (non-hydrogen) atoms. The molecule has 114 valence electrons. The molecule has 7 heteroatoms. The second-order valence-electron chi connectivity index (χ2n) is 4.74. The Bertz CT molecular complexity index is 550. The van der Waals surface area contributed by atoms with Crippen LogP contribution >= 0.6 is 11.8 Å². The lowest BCUT2D eigenvalue weighted by Crippen LogP contribution is -2.51. The topological polar surface area (TPSA) is 85.5 Å². The summed E-state index contributed by atoms with van der Waals surface area (Å²) >= 11 is 1.65. The first-order valence-corrected chi connectivity index (χ1v) is 7.97. The molecule has 1 aliphatic rings. The predicted molar refractivity (Wildman–Crippen MR) is 82.2 cm³/mol. The van der Waals surface area contributed by atoms with Crippen LogP contribution in [0, 0.1) is 6.92 Å². The molecule has 0 aromatic carbocycles. The fourth-order valence-electron chi connectivity index (χ4n) is 2.20.